The first kappa shape index (κ1) is 21.8. The normalized spacial score (nSPS) is 20.1. The second kappa shape index (κ2) is 9.75. The minimum atomic E-state index is -0.485. The van der Waals surface area contributed by atoms with Gasteiger partial charge >= 0.3 is 5.97 Å². The molecule has 1 aliphatic carbocycles. The van der Waals surface area contributed by atoms with Gasteiger partial charge in [0.25, 0.3) is 0 Å². The number of carbonyl (C=O) groups excluding carboxylic acids is 3. The number of amides is 2. The predicted octanol–water partition coefficient (Wildman–Crippen LogP) is 3.47. The van der Waals surface area contributed by atoms with E-state index in [1.54, 1.807) is 11.8 Å². The van der Waals surface area contributed by atoms with E-state index >= 15 is 0 Å². The number of hydrogen-bond donors (Lipinski definition) is 1. The fraction of sp³-hybridized carbons (Fsp3) is 0.600. The molecule has 1 N–H and O–H groups in total. The number of anilines is 1. The third-order valence-corrected chi connectivity index (χ3v) is 7.32. The number of nitrogens with zero attached hydrogens (tertiary/aromatic N) is 2. The molecule has 158 valence electrons. The smallest absolute Gasteiger partial charge is 0.341 e. The largest absolute Gasteiger partial charge is 0.462 e. The fourth-order valence-electron chi connectivity index (χ4n) is 3.61. The second-order valence-corrected chi connectivity index (χ2v) is 9.11. The quantitative estimate of drug-likeness (QED) is 0.660. The van der Waals surface area contributed by atoms with Gasteiger partial charge in [0, 0.05) is 24.4 Å². The van der Waals surface area contributed by atoms with E-state index in [1.807, 2.05) is 13.8 Å². The van der Waals surface area contributed by atoms with Crippen molar-refractivity contribution >= 4 is 51.1 Å². The average Bonchev–Trinajstić information content (AvgIpc) is 3.19. The number of thiophene rings is 1. The van der Waals surface area contributed by atoms with Crippen molar-refractivity contribution in [1.29, 1.82) is 0 Å². The first-order valence-corrected chi connectivity index (χ1v) is 11.8. The number of ether oxygens (including phenoxy) is 1. The molecule has 0 aromatic carbocycles. The third-order valence-electron chi connectivity index (χ3n) is 4.90. The van der Waals surface area contributed by atoms with Crippen molar-refractivity contribution in [3.63, 3.8) is 0 Å². The number of nitrogens with one attached hydrogen (secondary N) is 1. The first-order valence-electron chi connectivity index (χ1n) is 10.1. The summed E-state index contributed by atoms with van der Waals surface area (Å²) in [6.45, 7) is 7.00. The van der Waals surface area contributed by atoms with Crippen molar-refractivity contribution < 1.29 is 19.1 Å². The van der Waals surface area contributed by atoms with E-state index in [4.69, 9.17) is 4.74 Å². The highest BCUT2D eigenvalue weighted by atomic mass is 32.2. The molecule has 9 heteroatoms. The number of esters is 1. The lowest BCUT2D eigenvalue weighted by Gasteiger charge is -2.13. The molecule has 0 saturated carbocycles. The molecule has 1 atom stereocenters. The summed E-state index contributed by atoms with van der Waals surface area (Å²) >= 11 is 2.80. The van der Waals surface area contributed by atoms with Gasteiger partial charge in [-0.2, -0.15) is 0 Å². The van der Waals surface area contributed by atoms with E-state index in [2.05, 4.69) is 10.3 Å². The van der Waals surface area contributed by atoms with Gasteiger partial charge in [-0.15, -0.1) is 11.3 Å². The van der Waals surface area contributed by atoms with Crippen LogP contribution < -0.4 is 5.32 Å². The topological polar surface area (TPSA) is 88.1 Å². The molecule has 0 spiro atoms. The minimum absolute atomic E-state index is 0.0492. The highest BCUT2D eigenvalue weighted by Gasteiger charge is 2.38. The van der Waals surface area contributed by atoms with Gasteiger partial charge in [0.05, 0.1) is 12.2 Å². The van der Waals surface area contributed by atoms with Crippen LogP contribution in [0.3, 0.4) is 0 Å². The van der Waals surface area contributed by atoms with E-state index < -0.39 is 5.25 Å². The molecule has 1 saturated heterocycles. The van der Waals surface area contributed by atoms with Gasteiger partial charge in [-0.25, -0.2) is 4.79 Å². The Morgan fingerprint density at radius 3 is 2.69 bits per heavy atom. The lowest BCUT2D eigenvalue weighted by molar-refractivity contribution is -0.128. The van der Waals surface area contributed by atoms with Crippen molar-refractivity contribution in [1.82, 2.24) is 4.90 Å². The first-order chi connectivity index (χ1) is 14.0. The molecule has 0 unspecified atom stereocenters. The molecule has 1 fully saturated rings. The van der Waals surface area contributed by atoms with Gasteiger partial charge in [-0.1, -0.05) is 11.8 Å². The molecule has 1 aromatic heterocycles. The van der Waals surface area contributed by atoms with Crippen LogP contribution in [0.2, 0.25) is 0 Å². The van der Waals surface area contributed by atoms with Gasteiger partial charge < -0.3 is 10.1 Å². The van der Waals surface area contributed by atoms with Gasteiger partial charge in [0.1, 0.15) is 10.3 Å². The van der Waals surface area contributed by atoms with Crippen LogP contribution in [-0.2, 0) is 27.2 Å². The summed E-state index contributed by atoms with van der Waals surface area (Å²) in [4.78, 5) is 45.0. The Hall–Kier alpha value is -1.87. The third kappa shape index (κ3) is 4.66. The number of amidine groups is 1. The number of hydrogen-bond acceptors (Lipinski definition) is 7. The van der Waals surface area contributed by atoms with Gasteiger partial charge in [0.15, 0.2) is 5.17 Å². The molecule has 1 aromatic rings. The molecule has 2 heterocycles. The van der Waals surface area contributed by atoms with Crippen LogP contribution in [0.5, 0.6) is 0 Å². The molecule has 0 radical (unpaired) electrons. The summed E-state index contributed by atoms with van der Waals surface area (Å²) in [5.41, 5.74) is 1.50. The fourth-order valence-corrected chi connectivity index (χ4v) is 6.17. The zero-order valence-corrected chi connectivity index (χ0v) is 18.7. The molecule has 1 aliphatic heterocycles. The molecule has 29 heavy (non-hydrogen) atoms. The van der Waals surface area contributed by atoms with Crippen molar-refractivity contribution in [3.05, 3.63) is 16.0 Å². The van der Waals surface area contributed by atoms with E-state index in [-0.39, 0.29) is 30.8 Å². The van der Waals surface area contributed by atoms with Gasteiger partial charge in [-0.05, 0) is 52.0 Å². The van der Waals surface area contributed by atoms with Crippen LogP contribution >= 0.6 is 23.1 Å². The van der Waals surface area contributed by atoms with Crippen molar-refractivity contribution in [2.45, 2.75) is 58.1 Å². The summed E-state index contributed by atoms with van der Waals surface area (Å²) < 4.78 is 5.23. The van der Waals surface area contributed by atoms with E-state index in [9.17, 15) is 14.4 Å². The van der Waals surface area contributed by atoms with Crippen LogP contribution in [0.4, 0.5) is 5.00 Å². The highest BCUT2D eigenvalue weighted by molar-refractivity contribution is 8.15. The predicted molar refractivity (Wildman–Crippen MR) is 117 cm³/mol. The Labute approximate surface area is 179 Å². The zero-order chi connectivity index (χ0) is 21.0. The number of aliphatic imine (C=N–C) groups is 1. The molecule has 2 aliphatic rings. The summed E-state index contributed by atoms with van der Waals surface area (Å²) in [5.74, 6) is -0.743. The molecule has 0 bridgehead atoms. The van der Waals surface area contributed by atoms with Crippen LogP contribution in [0.15, 0.2) is 4.99 Å². The molecular weight excluding hydrogens is 410 g/mol. The minimum Gasteiger partial charge on any atom is -0.462 e. The SMILES string of the molecule is CCN=C1S[C@@H](CC(=O)Nc2sc3c(c2C(=O)OCC)CCCC3)C(=O)N1CC. The maximum Gasteiger partial charge on any atom is 0.341 e. The Bertz CT molecular complexity index is 834. The van der Waals surface area contributed by atoms with Crippen molar-refractivity contribution in [2.75, 3.05) is 25.0 Å². The number of carbonyl (C=O) groups is 3. The lowest BCUT2D eigenvalue weighted by atomic mass is 9.95. The number of fused-ring (bicyclic) bond motifs is 1. The van der Waals surface area contributed by atoms with Crippen LogP contribution in [0.1, 0.15) is 60.8 Å². The Balaban J connectivity index is 1.76. The summed E-state index contributed by atoms with van der Waals surface area (Å²) in [5, 5.41) is 3.63. The molecule has 3 rings (SSSR count). The van der Waals surface area contributed by atoms with E-state index in [1.165, 1.54) is 23.1 Å². The molecule has 2 amide bonds. The second-order valence-electron chi connectivity index (χ2n) is 6.83. The standard InChI is InChI=1S/C20H27N3O4S2/c1-4-21-20-23(5-2)18(25)14(29-20)11-15(24)22-17-16(19(26)27-6-3)12-9-7-8-10-13(12)28-17/h14H,4-11H2,1-3H3,(H,22,24)/t14-/m0/s1. The van der Waals surface area contributed by atoms with Gasteiger partial charge in [0.2, 0.25) is 11.8 Å². The maximum absolute atomic E-state index is 12.7. The summed E-state index contributed by atoms with van der Waals surface area (Å²) in [7, 11) is 0. The van der Waals surface area contributed by atoms with E-state index in [0.717, 1.165) is 36.1 Å². The number of rotatable bonds is 7. The number of aryl methyl sites for hydroxylation is 1. The maximum atomic E-state index is 12.7. The molecule has 7 nitrogen and oxygen atoms in total. The summed E-state index contributed by atoms with van der Waals surface area (Å²) in [6.07, 6.45) is 3.91. The van der Waals surface area contributed by atoms with Crippen LogP contribution in [0.25, 0.3) is 0 Å². The van der Waals surface area contributed by atoms with E-state index in [0.29, 0.717) is 28.8 Å². The Morgan fingerprint density at radius 1 is 1.24 bits per heavy atom. The summed E-state index contributed by atoms with van der Waals surface area (Å²) in [6, 6.07) is 0. The van der Waals surface area contributed by atoms with Crippen molar-refractivity contribution in [2.24, 2.45) is 4.99 Å². The average molecular weight is 438 g/mol. The zero-order valence-electron chi connectivity index (χ0n) is 17.1. The molecular formula is C20H27N3O4S2. The van der Waals surface area contributed by atoms with Gasteiger partial charge in [-0.3, -0.25) is 19.5 Å². The van der Waals surface area contributed by atoms with Crippen LogP contribution in [-0.4, -0.2) is 52.8 Å². The van der Waals surface area contributed by atoms with Crippen LogP contribution in [0, 0.1) is 0 Å². The Kier molecular flexibility index (Phi) is 7.34. The lowest BCUT2D eigenvalue weighted by Crippen LogP contribution is -2.33. The number of thioether (sulfide) groups is 1. The van der Waals surface area contributed by atoms with Crippen molar-refractivity contribution in [3.8, 4) is 0 Å². The monoisotopic (exact) mass is 437 g/mol. The Morgan fingerprint density at radius 2 is 2.00 bits per heavy atom. The highest BCUT2D eigenvalue weighted by Crippen LogP contribution is 2.39.